The molecular weight excluding hydrogens is 402 g/mol. The molecule has 3 amide bonds. The van der Waals surface area contributed by atoms with Gasteiger partial charge in [-0.25, -0.2) is 0 Å². The van der Waals surface area contributed by atoms with Crippen molar-refractivity contribution in [2.45, 2.75) is 33.1 Å². The predicted octanol–water partition coefficient (Wildman–Crippen LogP) is 4.13. The number of rotatable bonds is 7. The van der Waals surface area contributed by atoms with Crippen molar-refractivity contribution in [2.24, 2.45) is 0 Å². The summed E-state index contributed by atoms with van der Waals surface area (Å²) in [7, 11) is 0. The van der Waals surface area contributed by atoms with Crippen LogP contribution >= 0.6 is 11.6 Å². The smallest absolute Gasteiger partial charge is 0.255 e. The van der Waals surface area contributed by atoms with Crippen molar-refractivity contribution in [2.75, 3.05) is 29.9 Å². The van der Waals surface area contributed by atoms with E-state index in [0.717, 1.165) is 24.2 Å². The van der Waals surface area contributed by atoms with Crippen molar-refractivity contribution < 1.29 is 14.4 Å². The molecule has 0 bridgehead atoms. The standard InChI is InChI=1S/C23H26ClN3O3/c1-3-26(4-2)23(30)19-12-9-17(15-20(19)24)25-21(28)14-16-7-10-18(11-8-16)27-13-5-6-22(27)29/h7-12,15H,3-6,13-14H2,1-2H3,(H,25,28). The van der Waals surface area contributed by atoms with Gasteiger partial charge in [-0.1, -0.05) is 23.7 Å². The third kappa shape index (κ3) is 5.00. The van der Waals surface area contributed by atoms with Crippen LogP contribution in [0.25, 0.3) is 0 Å². The molecule has 0 atom stereocenters. The van der Waals surface area contributed by atoms with Crippen molar-refractivity contribution in [3.63, 3.8) is 0 Å². The highest BCUT2D eigenvalue weighted by Gasteiger charge is 2.21. The molecule has 2 aromatic rings. The predicted molar refractivity (Wildman–Crippen MR) is 119 cm³/mol. The molecule has 1 N–H and O–H groups in total. The molecule has 1 saturated heterocycles. The van der Waals surface area contributed by atoms with Gasteiger partial charge >= 0.3 is 0 Å². The van der Waals surface area contributed by atoms with E-state index in [9.17, 15) is 14.4 Å². The minimum atomic E-state index is -0.182. The molecule has 0 saturated carbocycles. The summed E-state index contributed by atoms with van der Waals surface area (Å²) in [6, 6.07) is 12.4. The topological polar surface area (TPSA) is 69.7 Å². The summed E-state index contributed by atoms with van der Waals surface area (Å²) in [4.78, 5) is 40.2. The van der Waals surface area contributed by atoms with Crippen molar-refractivity contribution in [3.8, 4) is 0 Å². The highest BCUT2D eigenvalue weighted by atomic mass is 35.5. The van der Waals surface area contributed by atoms with Gasteiger partial charge in [-0.05, 0) is 56.2 Å². The quantitative estimate of drug-likeness (QED) is 0.722. The first-order chi connectivity index (χ1) is 14.4. The lowest BCUT2D eigenvalue weighted by Crippen LogP contribution is -2.30. The van der Waals surface area contributed by atoms with Crippen LogP contribution in [0.5, 0.6) is 0 Å². The Bertz CT molecular complexity index is 939. The monoisotopic (exact) mass is 427 g/mol. The lowest BCUT2D eigenvalue weighted by Gasteiger charge is -2.19. The number of hydrogen-bond donors (Lipinski definition) is 1. The first-order valence-corrected chi connectivity index (χ1v) is 10.6. The Morgan fingerprint density at radius 3 is 2.37 bits per heavy atom. The summed E-state index contributed by atoms with van der Waals surface area (Å²) in [5.41, 5.74) is 2.68. The second-order valence-electron chi connectivity index (χ2n) is 7.21. The molecule has 158 valence electrons. The molecule has 2 aromatic carbocycles. The molecule has 0 unspecified atom stereocenters. The Balaban J connectivity index is 1.61. The molecule has 1 fully saturated rings. The van der Waals surface area contributed by atoms with E-state index in [-0.39, 0.29) is 24.1 Å². The minimum Gasteiger partial charge on any atom is -0.339 e. The van der Waals surface area contributed by atoms with Gasteiger partial charge in [0.15, 0.2) is 0 Å². The van der Waals surface area contributed by atoms with Gasteiger partial charge in [-0.15, -0.1) is 0 Å². The van der Waals surface area contributed by atoms with E-state index in [1.54, 1.807) is 28.0 Å². The average molecular weight is 428 g/mol. The SMILES string of the molecule is CCN(CC)C(=O)c1ccc(NC(=O)Cc2ccc(N3CCCC3=O)cc2)cc1Cl. The molecule has 7 heteroatoms. The van der Waals surface area contributed by atoms with Crippen LogP contribution in [-0.2, 0) is 16.0 Å². The number of halogens is 1. The normalized spacial score (nSPS) is 13.4. The van der Waals surface area contributed by atoms with Crippen molar-refractivity contribution in [3.05, 3.63) is 58.6 Å². The van der Waals surface area contributed by atoms with Crippen LogP contribution in [0.2, 0.25) is 5.02 Å². The van der Waals surface area contributed by atoms with Crippen LogP contribution in [0.15, 0.2) is 42.5 Å². The largest absolute Gasteiger partial charge is 0.339 e. The first-order valence-electron chi connectivity index (χ1n) is 10.2. The van der Waals surface area contributed by atoms with Gasteiger partial charge in [-0.2, -0.15) is 0 Å². The van der Waals surface area contributed by atoms with E-state index in [0.29, 0.717) is 35.8 Å². The molecule has 30 heavy (non-hydrogen) atoms. The molecule has 0 aliphatic carbocycles. The van der Waals surface area contributed by atoms with Gasteiger partial charge in [0.05, 0.1) is 17.0 Å². The number of benzene rings is 2. The zero-order chi connectivity index (χ0) is 21.7. The summed E-state index contributed by atoms with van der Waals surface area (Å²) in [5.74, 6) is -0.168. The Morgan fingerprint density at radius 1 is 1.10 bits per heavy atom. The van der Waals surface area contributed by atoms with Gasteiger partial charge in [0, 0.05) is 37.4 Å². The third-order valence-corrected chi connectivity index (χ3v) is 5.53. The number of nitrogens with zero attached hydrogens (tertiary/aromatic N) is 2. The Kier molecular flexibility index (Phi) is 7.11. The van der Waals surface area contributed by atoms with Crippen LogP contribution in [0.4, 0.5) is 11.4 Å². The molecule has 0 spiro atoms. The minimum absolute atomic E-state index is 0.126. The van der Waals surface area contributed by atoms with Gasteiger partial charge in [0.1, 0.15) is 0 Å². The van der Waals surface area contributed by atoms with Gasteiger partial charge in [0.25, 0.3) is 5.91 Å². The maximum atomic E-state index is 12.5. The van der Waals surface area contributed by atoms with E-state index < -0.39 is 0 Å². The molecule has 3 rings (SSSR count). The molecule has 1 aliphatic heterocycles. The van der Waals surface area contributed by atoms with Crippen LogP contribution in [0.3, 0.4) is 0 Å². The summed E-state index contributed by atoms with van der Waals surface area (Å²) in [6.07, 6.45) is 1.67. The lowest BCUT2D eigenvalue weighted by molar-refractivity contribution is -0.117. The fourth-order valence-corrected chi connectivity index (χ4v) is 3.81. The number of amides is 3. The number of carbonyl (C=O) groups is 3. The van der Waals surface area contributed by atoms with Gasteiger partial charge in [0.2, 0.25) is 11.8 Å². The van der Waals surface area contributed by atoms with E-state index >= 15 is 0 Å². The maximum Gasteiger partial charge on any atom is 0.255 e. The molecular formula is C23H26ClN3O3. The Hall–Kier alpha value is -2.86. The summed E-state index contributed by atoms with van der Waals surface area (Å²) < 4.78 is 0. The molecule has 6 nitrogen and oxygen atoms in total. The van der Waals surface area contributed by atoms with E-state index in [4.69, 9.17) is 11.6 Å². The van der Waals surface area contributed by atoms with Crippen LogP contribution < -0.4 is 10.2 Å². The third-order valence-electron chi connectivity index (χ3n) is 5.22. The second-order valence-corrected chi connectivity index (χ2v) is 7.62. The molecule has 0 aromatic heterocycles. The molecule has 1 aliphatic rings. The number of anilines is 2. The van der Waals surface area contributed by atoms with E-state index in [1.807, 2.05) is 38.1 Å². The van der Waals surface area contributed by atoms with Crippen LogP contribution in [-0.4, -0.2) is 42.3 Å². The van der Waals surface area contributed by atoms with E-state index in [1.165, 1.54) is 0 Å². The maximum absolute atomic E-state index is 12.5. The van der Waals surface area contributed by atoms with Crippen LogP contribution in [0.1, 0.15) is 42.6 Å². The molecule has 1 heterocycles. The fourth-order valence-electron chi connectivity index (χ4n) is 3.55. The van der Waals surface area contributed by atoms with E-state index in [2.05, 4.69) is 5.32 Å². The number of carbonyl (C=O) groups excluding carboxylic acids is 3. The van der Waals surface area contributed by atoms with Crippen LogP contribution in [0, 0.1) is 0 Å². The Labute approximate surface area is 181 Å². The summed E-state index contributed by atoms with van der Waals surface area (Å²) in [6.45, 7) is 5.79. The van der Waals surface area contributed by atoms with Gasteiger partial charge in [-0.3, -0.25) is 14.4 Å². The summed E-state index contributed by atoms with van der Waals surface area (Å²) in [5, 5.41) is 3.13. The van der Waals surface area contributed by atoms with Gasteiger partial charge < -0.3 is 15.1 Å². The second kappa shape index (κ2) is 9.76. The molecule has 0 radical (unpaired) electrons. The number of hydrogen-bond acceptors (Lipinski definition) is 3. The zero-order valence-electron chi connectivity index (χ0n) is 17.3. The highest BCUT2D eigenvalue weighted by Crippen LogP contribution is 2.24. The highest BCUT2D eigenvalue weighted by molar-refractivity contribution is 6.34. The van der Waals surface area contributed by atoms with Crippen molar-refractivity contribution in [1.29, 1.82) is 0 Å². The number of nitrogens with one attached hydrogen (secondary N) is 1. The average Bonchev–Trinajstić information content (AvgIpc) is 3.15. The zero-order valence-corrected chi connectivity index (χ0v) is 18.0. The lowest BCUT2D eigenvalue weighted by atomic mass is 10.1. The van der Waals surface area contributed by atoms with Crippen molar-refractivity contribution >= 4 is 40.7 Å². The fraction of sp³-hybridized carbons (Fsp3) is 0.348. The first kappa shape index (κ1) is 21.8. The summed E-state index contributed by atoms with van der Waals surface area (Å²) >= 11 is 6.29. The van der Waals surface area contributed by atoms with Crippen molar-refractivity contribution in [1.82, 2.24) is 4.90 Å². The Morgan fingerprint density at radius 2 is 1.80 bits per heavy atom.